The standard InChI is InChI=1S/C34H47N9O8S/c1-8-40(9-2)31-35-20-25(43(21(3)4)52(7,50)51)26(37-31)36-24(29(45)46)19-22-13-15-23(16-14-22)41-28(44)27(38(5)32(41)48)42-30(47)34(39(6)33(42)49)17-11-10-12-18-34/h13-16,20-21,24,27H,8-12,17-19H2,1-7H3,(H,45,46)(H,35,36,37)/t24?,27-/m0/s1. The molecular formula is C34H47N9O8S. The van der Waals surface area contributed by atoms with E-state index in [9.17, 15) is 37.5 Å². The fourth-order valence-electron chi connectivity index (χ4n) is 7.37. The van der Waals surface area contributed by atoms with Gasteiger partial charge in [-0.2, -0.15) is 4.98 Å². The summed E-state index contributed by atoms with van der Waals surface area (Å²) < 4.78 is 26.7. The highest BCUT2D eigenvalue weighted by Gasteiger charge is 2.62. The van der Waals surface area contributed by atoms with Crippen molar-refractivity contribution in [2.24, 2.45) is 0 Å². The summed E-state index contributed by atoms with van der Waals surface area (Å²) in [7, 11) is -0.877. The molecule has 2 aliphatic heterocycles. The maximum Gasteiger partial charge on any atom is 0.333 e. The first-order chi connectivity index (χ1) is 24.5. The summed E-state index contributed by atoms with van der Waals surface area (Å²) in [4.78, 5) is 82.1. The van der Waals surface area contributed by atoms with Crippen LogP contribution in [0, 0.1) is 0 Å². The Labute approximate surface area is 303 Å². The molecule has 1 spiro atoms. The number of nitrogens with zero attached hydrogens (tertiary/aromatic N) is 8. The number of carbonyl (C=O) groups excluding carboxylic acids is 4. The molecule has 17 nitrogen and oxygen atoms in total. The molecule has 3 aliphatic rings. The van der Waals surface area contributed by atoms with Gasteiger partial charge in [0.1, 0.15) is 17.3 Å². The number of carbonyl (C=O) groups is 5. The molecule has 0 radical (unpaired) electrons. The lowest BCUT2D eigenvalue weighted by molar-refractivity contribution is -0.141. The van der Waals surface area contributed by atoms with Crippen LogP contribution in [0.3, 0.4) is 0 Å². The van der Waals surface area contributed by atoms with Crippen LogP contribution in [0.2, 0.25) is 0 Å². The van der Waals surface area contributed by atoms with Crippen LogP contribution in [0.25, 0.3) is 0 Å². The number of hydrogen-bond donors (Lipinski definition) is 2. The molecule has 3 fully saturated rings. The second-order valence-corrected chi connectivity index (χ2v) is 15.5. The Morgan fingerprint density at radius 2 is 1.63 bits per heavy atom. The zero-order valence-electron chi connectivity index (χ0n) is 30.6. The van der Waals surface area contributed by atoms with E-state index in [1.807, 2.05) is 18.7 Å². The van der Waals surface area contributed by atoms with E-state index in [1.165, 1.54) is 30.3 Å². The number of likely N-dealkylation sites (N-methyl/N-ethyl adjacent to an activating group) is 2. The number of benzene rings is 1. The van der Waals surface area contributed by atoms with Gasteiger partial charge in [0, 0.05) is 39.6 Å². The maximum absolute atomic E-state index is 13.8. The second kappa shape index (κ2) is 14.6. The first-order valence-electron chi connectivity index (χ1n) is 17.4. The van der Waals surface area contributed by atoms with Crippen LogP contribution in [0.15, 0.2) is 30.5 Å². The van der Waals surface area contributed by atoms with Crippen LogP contribution in [-0.4, -0.2) is 125 Å². The SMILES string of the molecule is CCN(CC)c1ncc(N(C(C)C)S(C)(=O)=O)c(NC(Cc2ccc(N3C(=O)[C@H](N4C(=O)N(C)C5(CCCCC5)C4=O)N(C)C3=O)cc2)C(=O)O)n1. The predicted octanol–water partition coefficient (Wildman–Crippen LogP) is 2.93. The molecule has 2 aromatic rings. The van der Waals surface area contributed by atoms with Crippen LogP contribution in [0.4, 0.5) is 32.7 Å². The van der Waals surface area contributed by atoms with Crippen molar-refractivity contribution in [1.29, 1.82) is 0 Å². The molecule has 1 aromatic carbocycles. The van der Waals surface area contributed by atoms with Crippen LogP contribution in [-0.2, 0) is 30.8 Å². The van der Waals surface area contributed by atoms with E-state index in [0.717, 1.165) is 44.5 Å². The molecule has 5 rings (SSSR count). The molecule has 52 heavy (non-hydrogen) atoms. The van der Waals surface area contributed by atoms with Gasteiger partial charge in [0.05, 0.1) is 18.1 Å². The molecule has 2 atom stereocenters. The van der Waals surface area contributed by atoms with Crippen LogP contribution < -0.4 is 19.4 Å². The van der Waals surface area contributed by atoms with E-state index < -0.39 is 63.7 Å². The van der Waals surface area contributed by atoms with E-state index in [1.54, 1.807) is 33.0 Å². The first kappa shape index (κ1) is 38.2. The number of aliphatic carboxylic acids is 1. The number of anilines is 4. The molecule has 1 saturated carbocycles. The fraction of sp³-hybridized carbons (Fsp3) is 0.559. The van der Waals surface area contributed by atoms with E-state index in [-0.39, 0.29) is 23.6 Å². The molecule has 1 aliphatic carbocycles. The molecular weight excluding hydrogens is 694 g/mol. The van der Waals surface area contributed by atoms with Crippen molar-refractivity contribution in [2.75, 3.05) is 52.9 Å². The van der Waals surface area contributed by atoms with Gasteiger partial charge in [-0.25, -0.2) is 37.6 Å². The second-order valence-electron chi connectivity index (χ2n) is 13.7. The number of rotatable bonds is 13. The highest BCUT2D eigenvalue weighted by Crippen LogP contribution is 2.42. The van der Waals surface area contributed by atoms with Gasteiger partial charge in [0.2, 0.25) is 16.0 Å². The number of carboxylic acids is 1. The van der Waals surface area contributed by atoms with Gasteiger partial charge in [0.15, 0.2) is 12.0 Å². The Morgan fingerprint density at radius 1 is 1.02 bits per heavy atom. The Hall–Kier alpha value is -5.00. The summed E-state index contributed by atoms with van der Waals surface area (Å²) in [5.74, 6) is -2.15. The summed E-state index contributed by atoms with van der Waals surface area (Å²) in [6, 6.07) is 2.95. The summed E-state index contributed by atoms with van der Waals surface area (Å²) in [6.45, 7) is 8.30. The average molecular weight is 742 g/mol. The number of urea groups is 2. The summed E-state index contributed by atoms with van der Waals surface area (Å²) >= 11 is 0. The van der Waals surface area contributed by atoms with Crippen molar-refractivity contribution in [3.8, 4) is 0 Å². The summed E-state index contributed by atoms with van der Waals surface area (Å²) in [6.07, 6.45) is 4.35. The largest absolute Gasteiger partial charge is 0.480 e. The average Bonchev–Trinajstić information content (AvgIpc) is 3.41. The van der Waals surface area contributed by atoms with Gasteiger partial charge in [0.25, 0.3) is 11.8 Å². The number of sulfonamides is 1. The van der Waals surface area contributed by atoms with Gasteiger partial charge < -0.3 is 20.2 Å². The minimum Gasteiger partial charge on any atom is -0.480 e. The third-order valence-corrected chi connectivity index (χ3v) is 11.4. The lowest BCUT2D eigenvalue weighted by Gasteiger charge is -2.36. The van der Waals surface area contributed by atoms with E-state index in [4.69, 9.17) is 0 Å². The van der Waals surface area contributed by atoms with Crippen LogP contribution >= 0.6 is 0 Å². The molecule has 6 amide bonds. The number of aromatic nitrogens is 2. The highest BCUT2D eigenvalue weighted by atomic mass is 32.2. The molecule has 0 bridgehead atoms. The minimum atomic E-state index is -3.80. The van der Waals surface area contributed by atoms with Crippen molar-refractivity contribution in [3.05, 3.63) is 36.0 Å². The van der Waals surface area contributed by atoms with Gasteiger partial charge in [-0.3, -0.25) is 18.8 Å². The monoisotopic (exact) mass is 741 g/mol. The van der Waals surface area contributed by atoms with Crippen LogP contribution in [0.1, 0.15) is 65.4 Å². The fourth-order valence-corrected chi connectivity index (χ4v) is 8.63. The third-order valence-electron chi connectivity index (χ3n) is 10.1. The lowest BCUT2D eigenvalue weighted by Crippen LogP contribution is -2.53. The number of hydrogen-bond acceptors (Lipinski definition) is 11. The lowest BCUT2D eigenvalue weighted by atomic mass is 9.80. The number of imide groups is 2. The smallest absolute Gasteiger partial charge is 0.333 e. The summed E-state index contributed by atoms with van der Waals surface area (Å²) in [5.41, 5.74) is -0.242. The Balaban J connectivity index is 1.40. The topological polar surface area (TPSA) is 197 Å². The highest BCUT2D eigenvalue weighted by molar-refractivity contribution is 7.92. The van der Waals surface area contributed by atoms with Gasteiger partial charge >= 0.3 is 18.0 Å². The predicted molar refractivity (Wildman–Crippen MR) is 193 cm³/mol. The maximum atomic E-state index is 13.8. The Morgan fingerprint density at radius 3 is 2.17 bits per heavy atom. The van der Waals surface area contributed by atoms with Crippen LogP contribution in [0.5, 0.6) is 0 Å². The molecule has 1 aromatic heterocycles. The van der Waals surface area contributed by atoms with Gasteiger partial charge in [-0.05, 0) is 58.2 Å². The number of nitrogens with one attached hydrogen (secondary N) is 1. The quantitative estimate of drug-likeness (QED) is 0.285. The number of carboxylic acid groups (broad SMARTS) is 1. The zero-order chi connectivity index (χ0) is 38.3. The Kier molecular flexibility index (Phi) is 10.7. The van der Waals surface area contributed by atoms with Crippen molar-refractivity contribution in [3.63, 3.8) is 0 Å². The van der Waals surface area contributed by atoms with E-state index in [0.29, 0.717) is 37.4 Å². The third kappa shape index (κ3) is 6.70. The van der Waals surface area contributed by atoms with Gasteiger partial charge in [-0.15, -0.1) is 0 Å². The van der Waals surface area contributed by atoms with E-state index in [2.05, 4.69) is 15.3 Å². The van der Waals surface area contributed by atoms with Crippen molar-refractivity contribution in [1.82, 2.24) is 24.7 Å². The molecule has 2 N–H and O–H groups in total. The van der Waals surface area contributed by atoms with Crippen molar-refractivity contribution >= 4 is 63.0 Å². The summed E-state index contributed by atoms with van der Waals surface area (Å²) in [5, 5.41) is 13.2. The molecule has 2 saturated heterocycles. The zero-order valence-corrected chi connectivity index (χ0v) is 31.4. The Bertz CT molecular complexity index is 1840. The van der Waals surface area contributed by atoms with Gasteiger partial charge in [-0.1, -0.05) is 31.4 Å². The molecule has 18 heteroatoms. The van der Waals surface area contributed by atoms with E-state index >= 15 is 0 Å². The molecule has 282 valence electrons. The number of amides is 6. The normalized spacial score (nSPS) is 19.7. The van der Waals surface area contributed by atoms with Crippen molar-refractivity contribution < 1.29 is 37.5 Å². The first-order valence-corrected chi connectivity index (χ1v) is 19.2. The molecule has 1 unspecified atom stereocenters. The molecule has 3 heterocycles. The van der Waals surface area contributed by atoms with Crippen molar-refractivity contribution in [2.45, 2.75) is 90.0 Å². The minimum absolute atomic E-state index is 0.0223.